The topological polar surface area (TPSA) is 58.0 Å². The highest BCUT2D eigenvalue weighted by Crippen LogP contribution is 2.41. The Morgan fingerprint density at radius 2 is 1.77 bits per heavy atom. The van der Waals surface area contributed by atoms with Gasteiger partial charge in [-0.3, -0.25) is 15.3 Å². The summed E-state index contributed by atoms with van der Waals surface area (Å²) in [6.45, 7) is 10.7. The Balaban J connectivity index is 2.04. The molecule has 4 nitrogen and oxygen atoms in total. The number of halogens is 1. The van der Waals surface area contributed by atoms with Gasteiger partial charge in [-0.1, -0.05) is 65.7 Å². The Morgan fingerprint density at radius 3 is 2.34 bits per heavy atom. The molecule has 0 aliphatic heterocycles. The summed E-state index contributed by atoms with van der Waals surface area (Å²) in [5.41, 5.74) is 7.09. The minimum absolute atomic E-state index is 0.0959. The summed E-state index contributed by atoms with van der Waals surface area (Å²) in [5.74, 6) is 0.265. The highest BCUT2D eigenvalue weighted by molar-refractivity contribution is 5.72. The molecule has 1 atom stereocenters. The van der Waals surface area contributed by atoms with E-state index in [1.807, 2.05) is 30.5 Å². The zero-order chi connectivity index (χ0) is 25.4. The highest BCUT2D eigenvalue weighted by atomic mass is 19.1. The molecule has 0 bridgehead atoms. The van der Waals surface area contributed by atoms with Crippen LogP contribution in [0.25, 0.3) is 11.3 Å². The average Bonchev–Trinajstić information content (AvgIpc) is 2.87. The lowest BCUT2D eigenvalue weighted by Crippen LogP contribution is -2.21. The Morgan fingerprint density at radius 1 is 0.971 bits per heavy atom. The fraction of sp³-hybridized carbons (Fsp3) is 0.467. The van der Waals surface area contributed by atoms with Crippen LogP contribution in [0.4, 0.5) is 4.39 Å². The second-order valence-corrected chi connectivity index (χ2v) is 9.86. The van der Waals surface area contributed by atoms with Crippen LogP contribution in [0, 0.1) is 0 Å². The summed E-state index contributed by atoms with van der Waals surface area (Å²) in [4.78, 5) is 9.12. The molecule has 0 spiro atoms. The molecule has 2 heterocycles. The van der Waals surface area contributed by atoms with Crippen LogP contribution in [0.5, 0.6) is 0 Å². The molecule has 188 valence electrons. The van der Waals surface area contributed by atoms with Crippen molar-refractivity contribution in [1.82, 2.24) is 15.3 Å². The smallest absolute Gasteiger partial charge is 0.177 e. The summed E-state index contributed by atoms with van der Waals surface area (Å²) in [6, 6.07) is 11.8. The number of aliphatic hydroxyl groups excluding tert-OH is 1. The van der Waals surface area contributed by atoms with Gasteiger partial charge in [-0.05, 0) is 65.1 Å². The number of pyridine rings is 2. The Hall–Kier alpha value is -2.63. The van der Waals surface area contributed by atoms with Gasteiger partial charge in [-0.2, -0.15) is 0 Å². The van der Waals surface area contributed by atoms with E-state index in [-0.39, 0.29) is 18.4 Å². The molecule has 0 fully saturated rings. The molecule has 0 saturated heterocycles. The maximum absolute atomic E-state index is 15.6. The van der Waals surface area contributed by atoms with E-state index < -0.39 is 6.30 Å². The molecule has 3 aromatic rings. The van der Waals surface area contributed by atoms with Crippen molar-refractivity contribution >= 4 is 0 Å². The van der Waals surface area contributed by atoms with Crippen molar-refractivity contribution in [1.29, 1.82) is 0 Å². The summed E-state index contributed by atoms with van der Waals surface area (Å²) < 4.78 is 15.6. The monoisotopic (exact) mass is 477 g/mol. The lowest BCUT2D eigenvalue weighted by Gasteiger charge is -2.27. The van der Waals surface area contributed by atoms with Gasteiger partial charge in [-0.15, -0.1) is 0 Å². The molecule has 1 unspecified atom stereocenters. The van der Waals surface area contributed by atoms with Crippen molar-refractivity contribution in [3.63, 3.8) is 0 Å². The van der Waals surface area contributed by atoms with E-state index in [2.05, 4.69) is 57.1 Å². The number of hydrogen-bond donors (Lipinski definition) is 2. The third-order valence-corrected chi connectivity index (χ3v) is 6.51. The van der Waals surface area contributed by atoms with Gasteiger partial charge in [0.2, 0.25) is 0 Å². The maximum Gasteiger partial charge on any atom is 0.177 e. The molecule has 3 rings (SSSR count). The number of aryl methyl sites for hydroxylation is 1. The van der Waals surface area contributed by atoms with Crippen LogP contribution in [0.3, 0.4) is 0 Å². The standard InChI is InChI=1S/C30H40FN3O/c1-6-7-8-11-22-13-14-27(33-17-22)29-24(20(2)3)16-25(26(19-35)28(29)21(4)5)30(31)34-18-23-12-9-10-15-32-23/h9-10,12-17,20-21,30,34-35H,6-8,11,18-19H2,1-5H3. The van der Waals surface area contributed by atoms with Gasteiger partial charge in [0.05, 0.1) is 18.0 Å². The molecule has 2 aromatic heterocycles. The van der Waals surface area contributed by atoms with Crippen LogP contribution < -0.4 is 5.32 Å². The first kappa shape index (κ1) is 27.0. The predicted octanol–water partition coefficient (Wildman–Crippen LogP) is 7.37. The van der Waals surface area contributed by atoms with Crippen molar-refractivity contribution in [2.75, 3.05) is 0 Å². The number of aromatic nitrogens is 2. The van der Waals surface area contributed by atoms with Gasteiger partial charge in [0.15, 0.2) is 6.30 Å². The maximum atomic E-state index is 15.6. The number of benzene rings is 1. The number of rotatable bonds is 12. The van der Waals surface area contributed by atoms with Crippen LogP contribution in [-0.2, 0) is 19.6 Å². The van der Waals surface area contributed by atoms with E-state index in [0.29, 0.717) is 17.7 Å². The third kappa shape index (κ3) is 6.74. The van der Waals surface area contributed by atoms with Gasteiger partial charge in [0.1, 0.15) is 0 Å². The minimum atomic E-state index is -1.42. The number of hydrogen-bond acceptors (Lipinski definition) is 4. The normalized spacial score (nSPS) is 12.5. The molecule has 0 aliphatic carbocycles. The molecule has 0 radical (unpaired) electrons. The fourth-order valence-electron chi connectivity index (χ4n) is 4.68. The molecule has 5 heteroatoms. The second-order valence-electron chi connectivity index (χ2n) is 9.86. The van der Waals surface area contributed by atoms with E-state index in [1.165, 1.54) is 24.8 Å². The van der Waals surface area contributed by atoms with E-state index in [0.717, 1.165) is 34.5 Å². The first-order chi connectivity index (χ1) is 16.9. The first-order valence-corrected chi connectivity index (χ1v) is 12.9. The fourth-order valence-corrected chi connectivity index (χ4v) is 4.68. The van der Waals surface area contributed by atoms with Crippen molar-refractivity contribution in [3.8, 4) is 11.3 Å². The molecule has 0 aliphatic rings. The van der Waals surface area contributed by atoms with Crippen molar-refractivity contribution in [2.45, 2.75) is 91.6 Å². The molecule has 0 amide bonds. The average molecular weight is 478 g/mol. The molecule has 2 N–H and O–H groups in total. The van der Waals surface area contributed by atoms with Gasteiger partial charge in [0, 0.05) is 30.1 Å². The van der Waals surface area contributed by atoms with Crippen LogP contribution in [0.1, 0.15) is 106 Å². The van der Waals surface area contributed by atoms with Gasteiger partial charge >= 0.3 is 0 Å². The van der Waals surface area contributed by atoms with Gasteiger partial charge in [0.25, 0.3) is 0 Å². The van der Waals surface area contributed by atoms with Crippen LogP contribution >= 0.6 is 0 Å². The summed E-state index contributed by atoms with van der Waals surface area (Å²) in [5, 5.41) is 13.4. The Labute approximate surface area is 210 Å². The molecular formula is C30H40FN3O. The first-order valence-electron chi connectivity index (χ1n) is 12.9. The minimum Gasteiger partial charge on any atom is -0.392 e. The zero-order valence-electron chi connectivity index (χ0n) is 21.8. The van der Waals surface area contributed by atoms with E-state index in [1.54, 1.807) is 6.20 Å². The van der Waals surface area contributed by atoms with Gasteiger partial charge in [-0.25, -0.2) is 4.39 Å². The van der Waals surface area contributed by atoms with E-state index >= 15 is 4.39 Å². The van der Waals surface area contributed by atoms with E-state index in [4.69, 9.17) is 4.98 Å². The quantitative estimate of drug-likeness (QED) is 0.211. The zero-order valence-corrected chi connectivity index (χ0v) is 21.8. The largest absolute Gasteiger partial charge is 0.392 e. The Bertz CT molecular complexity index is 1070. The van der Waals surface area contributed by atoms with Crippen LogP contribution in [-0.4, -0.2) is 15.1 Å². The third-order valence-electron chi connectivity index (χ3n) is 6.51. The van der Waals surface area contributed by atoms with Crippen molar-refractivity contribution in [2.24, 2.45) is 0 Å². The predicted molar refractivity (Wildman–Crippen MR) is 142 cm³/mol. The SMILES string of the molecule is CCCCCc1ccc(-c2c(C(C)C)cc(C(F)NCc3ccccn3)c(CO)c2C(C)C)nc1. The molecular weight excluding hydrogens is 437 g/mol. The van der Waals surface area contributed by atoms with E-state index in [9.17, 15) is 5.11 Å². The van der Waals surface area contributed by atoms with Crippen LogP contribution in [0.15, 0.2) is 48.8 Å². The number of nitrogens with zero attached hydrogens (tertiary/aromatic N) is 2. The molecule has 1 aromatic carbocycles. The molecule has 0 saturated carbocycles. The number of unbranched alkanes of at least 4 members (excludes halogenated alkanes) is 2. The highest BCUT2D eigenvalue weighted by Gasteiger charge is 2.26. The summed E-state index contributed by atoms with van der Waals surface area (Å²) in [6.07, 6.45) is 6.87. The Kier molecular flexibility index (Phi) is 9.93. The lowest BCUT2D eigenvalue weighted by molar-refractivity contribution is 0.252. The number of aliphatic hydroxyl groups is 1. The molecule has 35 heavy (non-hydrogen) atoms. The van der Waals surface area contributed by atoms with Crippen molar-refractivity contribution in [3.05, 3.63) is 82.3 Å². The number of alkyl halides is 1. The summed E-state index contributed by atoms with van der Waals surface area (Å²) in [7, 11) is 0. The summed E-state index contributed by atoms with van der Waals surface area (Å²) >= 11 is 0. The second kappa shape index (κ2) is 12.9. The lowest BCUT2D eigenvalue weighted by atomic mass is 9.81. The number of nitrogens with one attached hydrogen (secondary N) is 1. The van der Waals surface area contributed by atoms with Crippen molar-refractivity contribution < 1.29 is 9.50 Å². The van der Waals surface area contributed by atoms with Crippen LogP contribution in [0.2, 0.25) is 0 Å². The van der Waals surface area contributed by atoms with Gasteiger partial charge < -0.3 is 5.11 Å².